The Morgan fingerprint density at radius 3 is 2.15 bits per heavy atom. The number of benzene rings is 2. The molecule has 128 valence electrons. The zero-order chi connectivity index (χ0) is 17.8. The van der Waals surface area contributed by atoms with Crippen LogP contribution in [0.25, 0.3) is 5.69 Å². The third-order valence-electron chi connectivity index (χ3n) is 4.38. The Morgan fingerprint density at radius 1 is 0.731 bits per heavy atom. The second-order valence-corrected chi connectivity index (χ2v) is 6.53. The highest BCUT2D eigenvalue weighted by Gasteiger charge is 2.04. The van der Waals surface area contributed by atoms with E-state index in [1.807, 2.05) is 29.9 Å². The molecule has 0 unspecified atom stereocenters. The molecule has 3 heteroatoms. The van der Waals surface area contributed by atoms with Gasteiger partial charge in [0.05, 0.1) is 11.4 Å². The van der Waals surface area contributed by atoms with Gasteiger partial charge < -0.3 is 0 Å². The van der Waals surface area contributed by atoms with E-state index in [2.05, 4.69) is 71.8 Å². The summed E-state index contributed by atoms with van der Waals surface area (Å²) in [4.78, 5) is 4.85. The average Bonchev–Trinajstić information content (AvgIpc) is 3.10. The lowest BCUT2D eigenvalue weighted by molar-refractivity contribution is 0.859. The van der Waals surface area contributed by atoms with Crippen LogP contribution in [0.15, 0.2) is 85.1 Å². The van der Waals surface area contributed by atoms with Crippen LogP contribution < -0.4 is 0 Å². The summed E-state index contributed by atoms with van der Waals surface area (Å²) in [5.74, 6) is 0. The number of hydrogen-bond donors (Lipinski definition) is 0. The molecule has 4 aromatic rings. The van der Waals surface area contributed by atoms with Gasteiger partial charge in [-0.2, -0.15) is 5.10 Å². The minimum atomic E-state index is 0.816. The van der Waals surface area contributed by atoms with E-state index in [1.165, 1.54) is 11.1 Å². The van der Waals surface area contributed by atoms with E-state index in [0.29, 0.717) is 0 Å². The second kappa shape index (κ2) is 7.36. The van der Waals surface area contributed by atoms with Gasteiger partial charge in [0.2, 0.25) is 0 Å². The first kappa shape index (κ1) is 16.3. The maximum absolute atomic E-state index is 4.85. The highest BCUT2D eigenvalue weighted by molar-refractivity contribution is 5.37. The fraction of sp³-hybridized carbons (Fsp3) is 0.130. The third-order valence-corrected chi connectivity index (χ3v) is 4.38. The average molecular weight is 339 g/mol. The van der Waals surface area contributed by atoms with Crippen molar-refractivity contribution in [3.8, 4) is 5.69 Å². The van der Waals surface area contributed by atoms with E-state index in [1.54, 1.807) is 0 Å². The molecular formula is C23H21N3. The number of aromatic nitrogens is 3. The van der Waals surface area contributed by atoms with E-state index in [4.69, 9.17) is 4.98 Å². The van der Waals surface area contributed by atoms with Crippen molar-refractivity contribution in [3.05, 3.63) is 113 Å². The molecule has 0 bridgehead atoms. The molecule has 0 fully saturated rings. The van der Waals surface area contributed by atoms with Gasteiger partial charge in [0, 0.05) is 30.4 Å². The number of rotatable bonds is 5. The Balaban J connectivity index is 1.53. The van der Waals surface area contributed by atoms with Gasteiger partial charge >= 0.3 is 0 Å². The highest BCUT2D eigenvalue weighted by atomic mass is 15.3. The molecule has 0 aliphatic carbocycles. The molecule has 0 saturated carbocycles. The lowest BCUT2D eigenvalue weighted by atomic mass is 10.1. The second-order valence-electron chi connectivity index (χ2n) is 6.53. The largest absolute Gasteiger partial charge is 0.257 e. The summed E-state index contributed by atoms with van der Waals surface area (Å²) in [6.07, 6.45) is 3.67. The monoisotopic (exact) mass is 339 g/mol. The van der Waals surface area contributed by atoms with Gasteiger partial charge in [-0.1, -0.05) is 48.5 Å². The molecule has 4 rings (SSSR count). The van der Waals surface area contributed by atoms with Gasteiger partial charge in [0.15, 0.2) is 0 Å². The SMILES string of the molecule is Cc1ccn(-c2cccc(Cc3cccc(Cc4ccccc4)n3)c2)n1. The Hall–Kier alpha value is -3.20. The van der Waals surface area contributed by atoms with Crippen LogP contribution in [0.5, 0.6) is 0 Å². The summed E-state index contributed by atoms with van der Waals surface area (Å²) in [6, 6.07) is 27.3. The normalized spacial score (nSPS) is 10.8. The molecule has 2 aromatic carbocycles. The molecule has 2 aromatic heterocycles. The van der Waals surface area contributed by atoms with Crippen LogP contribution in [0, 0.1) is 6.92 Å². The van der Waals surface area contributed by atoms with Crippen LogP contribution in [0.4, 0.5) is 0 Å². The van der Waals surface area contributed by atoms with Gasteiger partial charge in [-0.25, -0.2) is 4.68 Å². The molecule has 0 N–H and O–H groups in total. The maximum Gasteiger partial charge on any atom is 0.0648 e. The number of aryl methyl sites for hydroxylation is 1. The Morgan fingerprint density at radius 2 is 1.42 bits per heavy atom. The molecule has 0 radical (unpaired) electrons. The summed E-state index contributed by atoms with van der Waals surface area (Å²) in [7, 11) is 0. The summed E-state index contributed by atoms with van der Waals surface area (Å²) in [5, 5.41) is 4.49. The molecule has 26 heavy (non-hydrogen) atoms. The molecule has 0 amide bonds. The van der Waals surface area contributed by atoms with Crippen molar-refractivity contribution in [3.63, 3.8) is 0 Å². The van der Waals surface area contributed by atoms with Crippen molar-refractivity contribution in [2.24, 2.45) is 0 Å². The van der Waals surface area contributed by atoms with Gasteiger partial charge in [0.1, 0.15) is 0 Å². The lowest BCUT2D eigenvalue weighted by Crippen LogP contribution is -2.00. The minimum absolute atomic E-state index is 0.816. The molecule has 0 saturated heterocycles. The van der Waals surface area contributed by atoms with Crippen LogP contribution in [-0.2, 0) is 12.8 Å². The smallest absolute Gasteiger partial charge is 0.0648 e. The minimum Gasteiger partial charge on any atom is -0.257 e. The van der Waals surface area contributed by atoms with Gasteiger partial charge in [-0.15, -0.1) is 0 Å². The zero-order valence-corrected chi connectivity index (χ0v) is 14.8. The first-order valence-corrected chi connectivity index (χ1v) is 8.86. The maximum atomic E-state index is 4.85. The van der Waals surface area contributed by atoms with Crippen molar-refractivity contribution in [1.29, 1.82) is 0 Å². The van der Waals surface area contributed by atoms with Crippen molar-refractivity contribution >= 4 is 0 Å². The predicted octanol–water partition coefficient (Wildman–Crippen LogP) is 4.76. The van der Waals surface area contributed by atoms with E-state index in [0.717, 1.165) is 35.6 Å². The van der Waals surface area contributed by atoms with E-state index in [9.17, 15) is 0 Å². The van der Waals surface area contributed by atoms with Crippen LogP contribution in [0.2, 0.25) is 0 Å². The molecular weight excluding hydrogens is 318 g/mol. The molecule has 2 heterocycles. The van der Waals surface area contributed by atoms with Gasteiger partial charge in [-0.05, 0) is 48.4 Å². The molecule has 0 spiro atoms. The van der Waals surface area contributed by atoms with Crippen LogP contribution in [0.1, 0.15) is 28.2 Å². The number of hydrogen-bond acceptors (Lipinski definition) is 2. The van der Waals surface area contributed by atoms with E-state index >= 15 is 0 Å². The molecule has 0 atom stereocenters. The summed E-state index contributed by atoms with van der Waals surface area (Å²) in [5.41, 5.74) is 6.81. The zero-order valence-electron chi connectivity index (χ0n) is 14.8. The quantitative estimate of drug-likeness (QED) is 0.525. The molecule has 0 aliphatic rings. The van der Waals surface area contributed by atoms with Gasteiger partial charge in [0.25, 0.3) is 0 Å². The topological polar surface area (TPSA) is 30.7 Å². The van der Waals surface area contributed by atoms with Crippen molar-refractivity contribution in [2.75, 3.05) is 0 Å². The fourth-order valence-electron chi connectivity index (χ4n) is 3.11. The van der Waals surface area contributed by atoms with Crippen LogP contribution >= 0.6 is 0 Å². The number of pyridine rings is 1. The van der Waals surface area contributed by atoms with Crippen molar-refractivity contribution < 1.29 is 0 Å². The molecule has 3 nitrogen and oxygen atoms in total. The van der Waals surface area contributed by atoms with Crippen LogP contribution in [0.3, 0.4) is 0 Å². The summed E-state index contributed by atoms with van der Waals surface area (Å²) >= 11 is 0. The lowest BCUT2D eigenvalue weighted by Gasteiger charge is -2.07. The molecule has 0 aliphatic heterocycles. The van der Waals surface area contributed by atoms with Crippen LogP contribution in [-0.4, -0.2) is 14.8 Å². The summed E-state index contributed by atoms with van der Waals surface area (Å²) in [6.45, 7) is 2.00. The van der Waals surface area contributed by atoms with Crippen molar-refractivity contribution in [2.45, 2.75) is 19.8 Å². The first-order chi connectivity index (χ1) is 12.8. The number of nitrogens with zero attached hydrogens (tertiary/aromatic N) is 3. The van der Waals surface area contributed by atoms with Crippen molar-refractivity contribution in [1.82, 2.24) is 14.8 Å². The first-order valence-electron chi connectivity index (χ1n) is 8.86. The van der Waals surface area contributed by atoms with E-state index in [-0.39, 0.29) is 0 Å². The standard InChI is InChI=1S/C23H21N3/c1-18-13-14-26(25-18)23-12-5-9-20(17-23)16-22-11-6-10-21(24-22)15-19-7-3-2-4-8-19/h2-14,17H,15-16H2,1H3. The summed E-state index contributed by atoms with van der Waals surface area (Å²) < 4.78 is 1.91. The van der Waals surface area contributed by atoms with Gasteiger partial charge in [-0.3, -0.25) is 4.98 Å². The Labute approximate surface area is 154 Å². The highest BCUT2D eigenvalue weighted by Crippen LogP contribution is 2.15. The fourth-order valence-corrected chi connectivity index (χ4v) is 3.11. The van der Waals surface area contributed by atoms with E-state index < -0.39 is 0 Å². The third kappa shape index (κ3) is 3.89. The Kier molecular flexibility index (Phi) is 4.61. The predicted molar refractivity (Wildman–Crippen MR) is 105 cm³/mol. The Bertz CT molecular complexity index is 1000.